The molecule has 0 radical (unpaired) electrons. The lowest BCUT2D eigenvalue weighted by molar-refractivity contribution is 0.457. The zero-order valence-electron chi connectivity index (χ0n) is 10.1. The average Bonchev–Trinajstić information content (AvgIpc) is 2.33. The molecule has 0 spiro atoms. The largest absolute Gasteiger partial charge is 0.439 e. The average molecular weight is 328 g/mol. The van der Waals surface area contributed by atoms with E-state index in [2.05, 4.69) is 25.9 Å². The van der Waals surface area contributed by atoms with Crippen molar-refractivity contribution < 1.29 is 4.74 Å². The number of hydrogen-bond acceptors (Lipinski definition) is 3. The van der Waals surface area contributed by atoms with Crippen molar-refractivity contribution in [2.45, 2.75) is 20.3 Å². The van der Waals surface area contributed by atoms with Gasteiger partial charge in [-0.1, -0.05) is 18.5 Å². The van der Waals surface area contributed by atoms with Crippen LogP contribution in [-0.4, -0.2) is 9.97 Å². The van der Waals surface area contributed by atoms with E-state index < -0.39 is 0 Å². The summed E-state index contributed by atoms with van der Waals surface area (Å²) in [6.07, 6.45) is 0.759. The van der Waals surface area contributed by atoms with E-state index in [9.17, 15) is 0 Å². The first-order valence-electron chi connectivity index (χ1n) is 5.56. The number of hydrogen-bond donors (Lipinski definition) is 0. The Balaban J connectivity index is 2.27. The third-order valence-corrected chi connectivity index (χ3v) is 3.22. The first-order chi connectivity index (χ1) is 8.58. The molecule has 0 aliphatic rings. The van der Waals surface area contributed by atoms with Crippen molar-refractivity contribution in [3.8, 4) is 11.6 Å². The molecule has 0 bridgehead atoms. The van der Waals surface area contributed by atoms with Gasteiger partial charge in [-0.3, -0.25) is 0 Å². The minimum Gasteiger partial charge on any atom is -0.439 e. The molecular formula is C13H12BrClN2O. The highest BCUT2D eigenvalue weighted by Crippen LogP contribution is 2.26. The predicted octanol–water partition coefficient (Wildman–Crippen LogP) is 4.56. The van der Waals surface area contributed by atoms with Crippen LogP contribution in [0.1, 0.15) is 18.3 Å². The second-order valence-electron chi connectivity index (χ2n) is 3.81. The van der Waals surface area contributed by atoms with Gasteiger partial charge in [-0.15, -0.1) is 0 Å². The molecular weight excluding hydrogens is 316 g/mol. The van der Waals surface area contributed by atoms with Gasteiger partial charge in [-0.05, 0) is 46.6 Å². The lowest BCUT2D eigenvalue weighted by Gasteiger charge is -2.07. The van der Waals surface area contributed by atoms with Crippen LogP contribution >= 0.6 is 27.5 Å². The van der Waals surface area contributed by atoms with Crippen LogP contribution in [0.5, 0.6) is 11.6 Å². The highest BCUT2D eigenvalue weighted by atomic mass is 79.9. The Morgan fingerprint density at radius 1 is 1.28 bits per heavy atom. The van der Waals surface area contributed by atoms with E-state index in [-0.39, 0.29) is 0 Å². The second-order valence-corrected chi connectivity index (χ2v) is 5.03. The van der Waals surface area contributed by atoms with Gasteiger partial charge in [0.15, 0.2) is 0 Å². The van der Waals surface area contributed by atoms with Gasteiger partial charge in [0, 0.05) is 17.5 Å². The van der Waals surface area contributed by atoms with Crippen LogP contribution in [-0.2, 0) is 6.42 Å². The summed E-state index contributed by atoms with van der Waals surface area (Å²) in [5.41, 5.74) is 0.970. The van der Waals surface area contributed by atoms with E-state index in [0.717, 1.165) is 27.4 Å². The molecule has 1 aromatic carbocycles. The highest BCUT2D eigenvalue weighted by molar-refractivity contribution is 9.10. The molecule has 2 rings (SSSR count). The fourth-order valence-corrected chi connectivity index (χ4v) is 1.97. The summed E-state index contributed by atoms with van der Waals surface area (Å²) < 4.78 is 6.42. The van der Waals surface area contributed by atoms with Crippen LogP contribution in [0.4, 0.5) is 0 Å². The highest BCUT2D eigenvalue weighted by Gasteiger charge is 2.05. The maximum absolute atomic E-state index is 5.97. The molecule has 0 aliphatic carbocycles. The molecule has 18 heavy (non-hydrogen) atoms. The first-order valence-corrected chi connectivity index (χ1v) is 6.73. The number of rotatable bonds is 3. The van der Waals surface area contributed by atoms with E-state index in [1.165, 1.54) is 0 Å². The van der Waals surface area contributed by atoms with Crippen LogP contribution in [0.25, 0.3) is 0 Å². The Kier molecular flexibility index (Phi) is 4.19. The molecule has 0 amide bonds. The van der Waals surface area contributed by atoms with Crippen molar-refractivity contribution in [3.63, 3.8) is 0 Å². The van der Waals surface area contributed by atoms with E-state index in [0.29, 0.717) is 11.6 Å². The molecule has 0 atom stereocenters. The number of benzene rings is 1. The predicted molar refractivity (Wildman–Crippen MR) is 75.4 cm³/mol. The lowest BCUT2D eigenvalue weighted by Crippen LogP contribution is -1.96. The van der Waals surface area contributed by atoms with Crippen molar-refractivity contribution in [2.75, 3.05) is 0 Å². The SMILES string of the molecule is CCc1nc(Br)cc(Oc2ccc(Cl)c(C)c2)n1. The third kappa shape index (κ3) is 3.21. The fourth-order valence-electron chi connectivity index (χ4n) is 1.45. The molecule has 0 N–H and O–H groups in total. The summed E-state index contributed by atoms with van der Waals surface area (Å²) in [5, 5.41) is 0.723. The van der Waals surface area contributed by atoms with Gasteiger partial charge in [0.05, 0.1) is 0 Å². The van der Waals surface area contributed by atoms with E-state index in [1.54, 1.807) is 6.07 Å². The van der Waals surface area contributed by atoms with Gasteiger partial charge in [0.1, 0.15) is 16.2 Å². The number of aromatic nitrogens is 2. The Labute approximate surface area is 119 Å². The molecule has 0 unspecified atom stereocenters. The summed E-state index contributed by atoms with van der Waals surface area (Å²) in [4.78, 5) is 8.53. The zero-order chi connectivity index (χ0) is 13.1. The summed E-state index contributed by atoms with van der Waals surface area (Å²) in [5.74, 6) is 1.98. The molecule has 94 valence electrons. The minimum atomic E-state index is 0.524. The summed E-state index contributed by atoms with van der Waals surface area (Å²) in [7, 11) is 0. The molecule has 0 fully saturated rings. The molecule has 0 aliphatic heterocycles. The summed E-state index contributed by atoms with van der Waals surface area (Å²) in [6.45, 7) is 3.93. The van der Waals surface area contributed by atoms with E-state index in [4.69, 9.17) is 16.3 Å². The number of halogens is 2. The molecule has 0 saturated heterocycles. The summed E-state index contributed by atoms with van der Waals surface area (Å²) in [6, 6.07) is 7.24. The van der Waals surface area contributed by atoms with Crippen molar-refractivity contribution in [1.82, 2.24) is 9.97 Å². The van der Waals surface area contributed by atoms with Crippen LogP contribution in [0.2, 0.25) is 5.02 Å². The van der Waals surface area contributed by atoms with Gasteiger partial charge in [-0.25, -0.2) is 4.98 Å². The quantitative estimate of drug-likeness (QED) is 0.775. The Morgan fingerprint density at radius 2 is 2.06 bits per heavy atom. The van der Waals surface area contributed by atoms with Gasteiger partial charge in [0.2, 0.25) is 5.88 Å². The van der Waals surface area contributed by atoms with Crippen LogP contribution in [0, 0.1) is 6.92 Å². The van der Waals surface area contributed by atoms with Gasteiger partial charge < -0.3 is 4.74 Å². The molecule has 0 saturated carbocycles. The third-order valence-electron chi connectivity index (χ3n) is 2.39. The van der Waals surface area contributed by atoms with Crippen LogP contribution < -0.4 is 4.74 Å². The van der Waals surface area contributed by atoms with Crippen molar-refractivity contribution in [3.05, 3.63) is 45.3 Å². The first kappa shape index (κ1) is 13.3. The van der Waals surface area contributed by atoms with Crippen molar-refractivity contribution in [2.24, 2.45) is 0 Å². The minimum absolute atomic E-state index is 0.524. The Bertz CT molecular complexity index is 575. The molecule has 1 aromatic heterocycles. The van der Waals surface area contributed by atoms with Gasteiger partial charge in [0.25, 0.3) is 0 Å². The van der Waals surface area contributed by atoms with Crippen LogP contribution in [0.15, 0.2) is 28.9 Å². The van der Waals surface area contributed by atoms with Gasteiger partial charge >= 0.3 is 0 Å². The second kappa shape index (κ2) is 5.67. The van der Waals surface area contributed by atoms with E-state index in [1.807, 2.05) is 32.0 Å². The maximum Gasteiger partial charge on any atom is 0.223 e. The Hall–Kier alpha value is -1.13. The van der Waals surface area contributed by atoms with Gasteiger partial charge in [-0.2, -0.15) is 4.98 Å². The topological polar surface area (TPSA) is 35.0 Å². The smallest absolute Gasteiger partial charge is 0.223 e. The Morgan fingerprint density at radius 3 is 2.72 bits per heavy atom. The van der Waals surface area contributed by atoms with Crippen LogP contribution in [0.3, 0.4) is 0 Å². The lowest BCUT2D eigenvalue weighted by atomic mass is 10.2. The van der Waals surface area contributed by atoms with E-state index >= 15 is 0 Å². The normalized spacial score (nSPS) is 10.4. The molecule has 1 heterocycles. The standard InChI is InChI=1S/C13H12BrClN2O/c1-3-12-16-11(14)7-13(17-12)18-9-4-5-10(15)8(2)6-9/h4-7H,3H2,1-2H3. The molecule has 3 nitrogen and oxygen atoms in total. The number of aryl methyl sites for hydroxylation is 2. The molecule has 2 aromatic rings. The zero-order valence-corrected chi connectivity index (χ0v) is 12.4. The van der Waals surface area contributed by atoms with Crippen molar-refractivity contribution in [1.29, 1.82) is 0 Å². The summed E-state index contributed by atoms with van der Waals surface area (Å²) >= 11 is 9.31. The number of ether oxygens (including phenoxy) is 1. The van der Waals surface area contributed by atoms with Crippen molar-refractivity contribution >= 4 is 27.5 Å². The monoisotopic (exact) mass is 326 g/mol. The molecule has 5 heteroatoms. The number of nitrogens with zero attached hydrogens (tertiary/aromatic N) is 2. The fraction of sp³-hybridized carbons (Fsp3) is 0.231. The maximum atomic E-state index is 5.97.